The number of carbonyl (C=O) groups excluding carboxylic acids is 1. The van der Waals surface area contributed by atoms with E-state index in [9.17, 15) is 18.0 Å². The Kier molecular flexibility index (Phi) is 4.22. The first kappa shape index (κ1) is 16.6. The Hall–Kier alpha value is -3.23. The molecule has 3 rings (SSSR count). The summed E-state index contributed by atoms with van der Waals surface area (Å²) in [6.45, 7) is 0. The van der Waals surface area contributed by atoms with Crippen LogP contribution in [0.2, 0.25) is 0 Å². The smallest absolute Gasteiger partial charge is 0.406 e. The van der Waals surface area contributed by atoms with E-state index in [4.69, 9.17) is 5.73 Å². The summed E-state index contributed by atoms with van der Waals surface area (Å²) in [6, 6.07) is 12.0. The molecule has 0 amide bonds. The Morgan fingerprint density at radius 3 is 2.20 bits per heavy atom. The number of hydrogen-bond acceptors (Lipinski definition) is 6. The van der Waals surface area contributed by atoms with Crippen molar-refractivity contribution >= 4 is 29.7 Å². The number of aldehydes is 1. The Morgan fingerprint density at radius 2 is 1.64 bits per heavy atom. The number of anilines is 3. The van der Waals surface area contributed by atoms with Crippen molar-refractivity contribution in [2.75, 3.05) is 15.6 Å². The molecule has 1 unspecified atom stereocenters. The molecule has 0 aromatic heterocycles. The van der Waals surface area contributed by atoms with Crippen molar-refractivity contribution < 1.29 is 22.7 Å². The molecule has 9 heteroatoms. The van der Waals surface area contributed by atoms with Crippen LogP contribution in [0.15, 0.2) is 53.6 Å². The van der Waals surface area contributed by atoms with Crippen molar-refractivity contribution in [3.8, 4) is 5.75 Å². The fourth-order valence-electron chi connectivity index (χ4n) is 2.37. The predicted molar refractivity (Wildman–Crippen MR) is 87.3 cm³/mol. The molecule has 0 spiro atoms. The largest absolute Gasteiger partial charge is 0.573 e. The zero-order chi connectivity index (χ0) is 18.0. The van der Waals surface area contributed by atoms with Crippen LogP contribution >= 0.6 is 0 Å². The topological polar surface area (TPSA) is 71.2 Å². The number of alkyl halides is 3. The molecule has 0 saturated heterocycles. The van der Waals surface area contributed by atoms with Crippen molar-refractivity contribution in [3.63, 3.8) is 0 Å². The highest BCUT2D eigenvalue weighted by Gasteiger charge is 2.32. The van der Waals surface area contributed by atoms with E-state index in [1.807, 2.05) is 0 Å². The van der Waals surface area contributed by atoms with E-state index in [0.717, 1.165) is 12.1 Å². The maximum atomic E-state index is 12.2. The van der Waals surface area contributed by atoms with Crippen molar-refractivity contribution in [2.24, 2.45) is 5.10 Å². The summed E-state index contributed by atoms with van der Waals surface area (Å²) in [7, 11) is 0. The third kappa shape index (κ3) is 3.65. The molecule has 6 nitrogen and oxygen atoms in total. The molecular formula is C16H13F3N4O2. The summed E-state index contributed by atoms with van der Waals surface area (Å²) < 4.78 is 40.5. The van der Waals surface area contributed by atoms with Gasteiger partial charge in [0.15, 0.2) is 12.5 Å². The normalized spacial score (nSPS) is 17.0. The minimum atomic E-state index is -4.76. The average Bonchev–Trinajstić information content (AvgIpc) is 2.98. The lowest BCUT2D eigenvalue weighted by Gasteiger charge is -2.26. The minimum absolute atomic E-state index is 0.350. The fourth-order valence-corrected chi connectivity index (χ4v) is 2.37. The first-order valence-corrected chi connectivity index (χ1v) is 7.16. The molecule has 1 atom stereocenters. The second kappa shape index (κ2) is 6.34. The molecule has 0 saturated carbocycles. The standard InChI is InChI=1S/C16H13F3N4O2/c17-16(18,19)25-14-7-5-13(6-8-14)23-15(9-24)22(10-21-23)12-3-1-11(20)2-4-12/h1-10,15H,20H2. The Morgan fingerprint density at radius 1 is 1.04 bits per heavy atom. The van der Waals surface area contributed by atoms with Crippen LogP contribution in [-0.2, 0) is 4.79 Å². The van der Waals surface area contributed by atoms with Gasteiger partial charge in [-0.1, -0.05) is 0 Å². The van der Waals surface area contributed by atoms with Crippen LogP contribution in [0.1, 0.15) is 0 Å². The lowest BCUT2D eigenvalue weighted by molar-refractivity contribution is -0.274. The van der Waals surface area contributed by atoms with E-state index in [1.165, 1.54) is 23.5 Å². The molecule has 1 aliphatic heterocycles. The number of nitrogens with two attached hydrogens (primary N) is 1. The van der Waals surface area contributed by atoms with Crippen molar-refractivity contribution in [1.82, 2.24) is 0 Å². The van der Waals surface area contributed by atoms with E-state index < -0.39 is 12.5 Å². The van der Waals surface area contributed by atoms with E-state index in [1.54, 1.807) is 29.2 Å². The van der Waals surface area contributed by atoms with Gasteiger partial charge in [0.05, 0.1) is 5.69 Å². The highest BCUT2D eigenvalue weighted by molar-refractivity contribution is 5.91. The quantitative estimate of drug-likeness (QED) is 0.678. The molecule has 0 aliphatic carbocycles. The molecule has 1 aliphatic rings. The van der Waals surface area contributed by atoms with Gasteiger partial charge in [-0.3, -0.25) is 4.79 Å². The van der Waals surface area contributed by atoms with Gasteiger partial charge in [0.1, 0.15) is 12.1 Å². The highest BCUT2D eigenvalue weighted by atomic mass is 19.4. The third-order valence-corrected chi connectivity index (χ3v) is 3.48. The second-order valence-electron chi connectivity index (χ2n) is 5.17. The first-order valence-electron chi connectivity index (χ1n) is 7.16. The Labute approximate surface area is 140 Å². The van der Waals surface area contributed by atoms with E-state index >= 15 is 0 Å². The Bertz CT molecular complexity index is 775. The van der Waals surface area contributed by atoms with Gasteiger partial charge in [0.2, 0.25) is 0 Å². The zero-order valence-corrected chi connectivity index (χ0v) is 12.7. The molecule has 2 N–H and O–H groups in total. The minimum Gasteiger partial charge on any atom is -0.406 e. The van der Waals surface area contributed by atoms with E-state index in [0.29, 0.717) is 23.3 Å². The monoisotopic (exact) mass is 350 g/mol. The molecule has 0 radical (unpaired) electrons. The van der Waals surface area contributed by atoms with Crippen molar-refractivity contribution in [3.05, 3.63) is 48.5 Å². The van der Waals surface area contributed by atoms with Gasteiger partial charge in [-0.2, -0.15) is 5.10 Å². The summed E-state index contributed by atoms with van der Waals surface area (Å²) in [4.78, 5) is 13.2. The highest BCUT2D eigenvalue weighted by Crippen LogP contribution is 2.29. The molecule has 25 heavy (non-hydrogen) atoms. The number of rotatable bonds is 4. The van der Waals surface area contributed by atoms with Gasteiger partial charge < -0.3 is 15.4 Å². The van der Waals surface area contributed by atoms with Crippen LogP contribution < -0.4 is 20.4 Å². The van der Waals surface area contributed by atoms with Gasteiger partial charge in [-0.15, -0.1) is 13.2 Å². The average molecular weight is 350 g/mol. The van der Waals surface area contributed by atoms with Crippen LogP contribution in [-0.4, -0.2) is 25.2 Å². The first-order chi connectivity index (χ1) is 11.9. The number of hydrogen-bond donors (Lipinski definition) is 1. The lowest BCUT2D eigenvalue weighted by Crippen LogP contribution is -2.41. The third-order valence-electron chi connectivity index (χ3n) is 3.48. The molecule has 2 aromatic carbocycles. The number of benzene rings is 2. The number of nitrogens with zero attached hydrogens (tertiary/aromatic N) is 3. The maximum absolute atomic E-state index is 12.2. The molecule has 1 heterocycles. The van der Waals surface area contributed by atoms with Gasteiger partial charge in [0.25, 0.3) is 0 Å². The summed E-state index contributed by atoms with van der Waals surface area (Å²) in [5, 5.41) is 5.54. The van der Waals surface area contributed by atoms with Gasteiger partial charge in [-0.25, -0.2) is 5.01 Å². The van der Waals surface area contributed by atoms with Crippen molar-refractivity contribution in [1.29, 1.82) is 0 Å². The van der Waals surface area contributed by atoms with Crippen LogP contribution in [0.5, 0.6) is 5.75 Å². The van der Waals surface area contributed by atoms with Crippen LogP contribution in [0.25, 0.3) is 0 Å². The Balaban J connectivity index is 1.80. The number of nitrogen functional groups attached to an aromatic ring is 1. The molecule has 2 aromatic rings. The summed E-state index contributed by atoms with van der Waals surface area (Å²) in [5.41, 5.74) is 7.38. The van der Waals surface area contributed by atoms with E-state index in [2.05, 4.69) is 9.84 Å². The fraction of sp³-hybridized carbons (Fsp3) is 0.125. The predicted octanol–water partition coefficient (Wildman–Crippen LogP) is 2.96. The van der Waals surface area contributed by atoms with Gasteiger partial charge in [-0.05, 0) is 48.5 Å². The second-order valence-corrected chi connectivity index (χ2v) is 5.17. The van der Waals surface area contributed by atoms with Crippen LogP contribution in [0.4, 0.5) is 30.2 Å². The van der Waals surface area contributed by atoms with Crippen LogP contribution in [0, 0.1) is 0 Å². The maximum Gasteiger partial charge on any atom is 0.573 e. The zero-order valence-electron chi connectivity index (χ0n) is 12.7. The summed E-state index contributed by atoms with van der Waals surface area (Å²) in [6.07, 6.45) is -3.38. The molecule has 130 valence electrons. The number of ether oxygens (including phenoxy) is 1. The number of hydrazone groups is 1. The lowest BCUT2D eigenvalue weighted by atomic mass is 10.2. The number of carbonyl (C=O) groups is 1. The molecule has 0 fully saturated rings. The summed E-state index contributed by atoms with van der Waals surface area (Å²) >= 11 is 0. The van der Waals surface area contributed by atoms with Gasteiger partial charge >= 0.3 is 6.36 Å². The molecule has 0 bridgehead atoms. The molecular weight excluding hydrogens is 337 g/mol. The van der Waals surface area contributed by atoms with E-state index in [-0.39, 0.29) is 5.75 Å². The summed E-state index contributed by atoms with van der Waals surface area (Å²) in [5.74, 6) is -0.350. The SMILES string of the molecule is Nc1ccc(N2C=NN(c3ccc(OC(F)(F)F)cc3)C2C=O)cc1. The van der Waals surface area contributed by atoms with Crippen molar-refractivity contribution in [2.45, 2.75) is 12.5 Å². The van der Waals surface area contributed by atoms with Gasteiger partial charge in [0, 0.05) is 11.4 Å². The number of halogens is 3. The van der Waals surface area contributed by atoms with Crippen LogP contribution in [0.3, 0.4) is 0 Å².